The van der Waals surface area contributed by atoms with Crippen LogP contribution in [0, 0.1) is 34.3 Å². The monoisotopic (exact) mass is 512 g/mol. The molecule has 2 unspecified atom stereocenters. The zero-order valence-electron chi connectivity index (χ0n) is 21.5. The lowest BCUT2D eigenvalue weighted by molar-refractivity contribution is -0.105. The van der Waals surface area contributed by atoms with Crippen molar-refractivity contribution in [1.29, 1.82) is 0 Å². The average Bonchev–Trinajstić information content (AvgIpc) is 3.16. The van der Waals surface area contributed by atoms with E-state index in [1.165, 1.54) is 6.07 Å². The van der Waals surface area contributed by atoms with Crippen LogP contribution in [0.2, 0.25) is 0 Å². The fourth-order valence-corrected chi connectivity index (χ4v) is 5.24. The van der Waals surface area contributed by atoms with Crippen LogP contribution in [-0.2, 0) is 4.79 Å². The zero-order chi connectivity index (χ0) is 27.0. The number of nitrogens with zero attached hydrogens (tertiary/aromatic N) is 2. The Bertz CT molecular complexity index is 1200. The number of benzene rings is 1. The summed E-state index contributed by atoms with van der Waals surface area (Å²) in [6.45, 7) is 11.7. The largest absolute Gasteiger partial charge is 0.489 e. The predicted molar refractivity (Wildman–Crippen MR) is 138 cm³/mol. The first-order valence-corrected chi connectivity index (χ1v) is 12.5. The van der Waals surface area contributed by atoms with Crippen LogP contribution in [0.1, 0.15) is 56.1 Å². The summed E-state index contributed by atoms with van der Waals surface area (Å²) in [4.78, 5) is 28.6. The number of pyridine rings is 1. The zero-order valence-corrected chi connectivity index (χ0v) is 21.5. The fourth-order valence-electron chi connectivity index (χ4n) is 5.24. The molecular formula is C28H34F2N4O3. The summed E-state index contributed by atoms with van der Waals surface area (Å²) in [5.41, 5.74) is 7.44. The van der Waals surface area contributed by atoms with Crippen LogP contribution in [0.3, 0.4) is 0 Å². The molecule has 198 valence electrons. The highest BCUT2D eigenvalue weighted by atomic mass is 19.2. The Hall–Kier alpha value is -3.49. The molecular weight excluding hydrogens is 478 g/mol. The second-order valence-electron chi connectivity index (χ2n) is 11.2. The second kappa shape index (κ2) is 10.1. The number of fused-ring (bicyclic) bond motifs is 1. The van der Waals surface area contributed by atoms with Crippen molar-refractivity contribution >= 4 is 23.7 Å². The lowest BCUT2D eigenvalue weighted by atomic mass is 9.71. The second-order valence-corrected chi connectivity index (χ2v) is 11.2. The summed E-state index contributed by atoms with van der Waals surface area (Å²) in [7, 11) is 0. The molecule has 37 heavy (non-hydrogen) atoms. The number of rotatable bonds is 7. The van der Waals surface area contributed by atoms with Crippen LogP contribution in [0.5, 0.6) is 5.75 Å². The van der Waals surface area contributed by atoms with Crippen LogP contribution in [0.25, 0.3) is 5.70 Å². The van der Waals surface area contributed by atoms with Crippen molar-refractivity contribution in [2.45, 2.75) is 40.0 Å². The number of nitrogens with one attached hydrogen (secondary N) is 1. The normalized spacial score (nSPS) is 22.0. The van der Waals surface area contributed by atoms with Crippen molar-refractivity contribution < 1.29 is 23.1 Å². The number of carbonyl (C=O) groups is 2. The van der Waals surface area contributed by atoms with Crippen molar-refractivity contribution in [3.63, 3.8) is 0 Å². The molecule has 7 nitrogen and oxygen atoms in total. The Labute approximate surface area is 216 Å². The third-order valence-corrected chi connectivity index (χ3v) is 8.13. The quantitative estimate of drug-likeness (QED) is 0.518. The maximum absolute atomic E-state index is 14.3. The highest BCUT2D eigenvalue weighted by Crippen LogP contribution is 2.62. The Morgan fingerprint density at radius 1 is 1.24 bits per heavy atom. The average molecular weight is 513 g/mol. The molecule has 0 radical (unpaired) electrons. The molecule has 2 atom stereocenters. The summed E-state index contributed by atoms with van der Waals surface area (Å²) in [6, 6.07) is 5.69. The topological polar surface area (TPSA) is 97.5 Å². The summed E-state index contributed by atoms with van der Waals surface area (Å²) in [6.07, 6.45) is 5.30. The minimum atomic E-state index is -1.06. The van der Waals surface area contributed by atoms with Gasteiger partial charge in [0, 0.05) is 30.4 Å². The number of likely N-dealkylation sites (tertiary alicyclic amines) is 1. The number of anilines is 1. The number of ether oxygens (including phenoxy) is 1. The van der Waals surface area contributed by atoms with Gasteiger partial charge in [0.2, 0.25) is 12.2 Å². The molecule has 0 bridgehead atoms. The predicted octanol–water partition coefficient (Wildman–Crippen LogP) is 4.84. The van der Waals surface area contributed by atoms with E-state index in [1.807, 2.05) is 0 Å². The van der Waals surface area contributed by atoms with E-state index >= 15 is 0 Å². The van der Waals surface area contributed by atoms with Crippen LogP contribution >= 0.6 is 0 Å². The van der Waals surface area contributed by atoms with E-state index in [0.29, 0.717) is 60.4 Å². The number of carbonyl (C=O) groups excluding carboxylic acids is 2. The van der Waals surface area contributed by atoms with Crippen molar-refractivity contribution in [3.05, 3.63) is 59.9 Å². The van der Waals surface area contributed by atoms with Crippen LogP contribution < -0.4 is 15.8 Å². The molecule has 2 saturated carbocycles. The van der Waals surface area contributed by atoms with Crippen LogP contribution in [0.15, 0.2) is 37.0 Å². The van der Waals surface area contributed by atoms with Gasteiger partial charge in [-0.3, -0.25) is 14.6 Å². The Kier molecular flexibility index (Phi) is 7.26. The fraction of sp³-hybridized carbons (Fsp3) is 0.464. The lowest BCUT2D eigenvalue weighted by Gasteiger charge is -2.38. The Morgan fingerprint density at radius 2 is 1.92 bits per heavy atom. The lowest BCUT2D eigenvalue weighted by Crippen LogP contribution is -2.35. The van der Waals surface area contributed by atoms with E-state index in [1.54, 1.807) is 23.2 Å². The Morgan fingerprint density at radius 3 is 2.49 bits per heavy atom. The van der Waals surface area contributed by atoms with Gasteiger partial charge in [-0.1, -0.05) is 33.8 Å². The molecule has 1 aromatic carbocycles. The maximum Gasteiger partial charge on any atom is 0.257 e. The highest BCUT2D eigenvalue weighted by Gasteiger charge is 2.62. The molecule has 2 aromatic rings. The van der Waals surface area contributed by atoms with Gasteiger partial charge in [-0.05, 0) is 54.4 Å². The number of hydrogen-bond acceptors (Lipinski definition) is 5. The number of amides is 2. The van der Waals surface area contributed by atoms with Gasteiger partial charge in [-0.25, -0.2) is 4.39 Å². The van der Waals surface area contributed by atoms with Gasteiger partial charge in [-0.15, -0.1) is 0 Å². The molecule has 2 aliphatic carbocycles. The molecule has 1 saturated heterocycles. The molecule has 5 rings (SSSR count). The van der Waals surface area contributed by atoms with Gasteiger partial charge < -0.3 is 20.7 Å². The number of hydrogen-bond donors (Lipinski definition) is 2. The molecule has 3 aliphatic rings. The van der Waals surface area contributed by atoms with E-state index in [2.05, 4.69) is 37.7 Å². The van der Waals surface area contributed by atoms with E-state index < -0.39 is 11.6 Å². The summed E-state index contributed by atoms with van der Waals surface area (Å²) < 4.78 is 33.7. The molecule has 1 aliphatic heterocycles. The summed E-state index contributed by atoms with van der Waals surface area (Å²) in [5, 5.41) is 2.49. The van der Waals surface area contributed by atoms with Gasteiger partial charge in [0.1, 0.15) is 0 Å². The Balaban J connectivity index is 0.000000225. The first-order valence-electron chi connectivity index (χ1n) is 12.5. The maximum atomic E-state index is 14.3. The van der Waals surface area contributed by atoms with E-state index in [4.69, 9.17) is 10.5 Å². The van der Waals surface area contributed by atoms with Crippen molar-refractivity contribution in [2.24, 2.45) is 28.4 Å². The van der Waals surface area contributed by atoms with E-state index in [9.17, 15) is 18.4 Å². The minimum absolute atomic E-state index is 0.00162. The van der Waals surface area contributed by atoms with Gasteiger partial charge in [-0.2, -0.15) is 4.39 Å². The number of halogens is 2. The van der Waals surface area contributed by atoms with Crippen LogP contribution in [0.4, 0.5) is 14.5 Å². The highest BCUT2D eigenvalue weighted by molar-refractivity contribution is 5.97. The first-order chi connectivity index (χ1) is 17.5. The molecule has 3 fully saturated rings. The molecule has 2 heterocycles. The van der Waals surface area contributed by atoms with Crippen molar-refractivity contribution in [1.82, 2.24) is 9.88 Å². The van der Waals surface area contributed by atoms with Crippen LogP contribution in [-0.4, -0.2) is 41.9 Å². The van der Waals surface area contributed by atoms with Gasteiger partial charge >= 0.3 is 0 Å². The number of nitrogens with two attached hydrogens (primary N) is 1. The third kappa shape index (κ3) is 5.45. The molecule has 9 heteroatoms. The number of piperidine rings is 1. The molecule has 3 N–H and O–H groups in total. The first kappa shape index (κ1) is 26.6. The summed E-state index contributed by atoms with van der Waals surface area (Å²) >= 11 is 0. The molecule has 2 amide bonds. The van der Waals surface area contributed by atoms with Gasteiger partial charge in [0.15, 0.2) is 11.6 Å². The van der Waals surface area contributed by atoms with Crippen molar-refractivity contribution in [3.8, 4) is 5.75 Å². The standard InChI is InChI=1S/C20H25F2NO2.C8H9N3O/c1-19(2)13-9-23(10-14(13)19)18(24)12-5-6-15(21)16(22)17(12)25-11-20(3)7-4-8-20;1-6(9)8-4-7(11-5-12)2-3-10-8/h5-6,13-14H,4,7-11H2,1-3H3;2-5H,1,9H2,(H,10,11,12). The van der Waals surface area contributed by atoms with Crippen molar-refractivity contribution in [2.75, 3.05) is 25.0 Å². The molecule has 1 aromatic heterocycles. The number of aromatic nitrogens is 1. The smallest absolute Gasteiger partial charge is 0.257 e. The molecule has 0 spiro atoms. The third-order valence-electron chi connectivity index (χ3n) is 8.13. The minimum Gasteiger partial charge on any atom is -0.489 e. The SMILES string of the molecule is C=C(N)c1cc(NC=O)ccn1.CC1(COc2c(C(=O)N3CC4C(C3)C4(C)C)ccc(F)c2F)CCC1. The van der Waals surface area contributed by atoms with E-state index in [0.717, 1.165) is 25.3 Å². The van der Waals surface area contributed by atoms with Gasteiger partial charge in [0.05, 0.1) is 23.6 Å². The van der Waals surface area contributed by atoms with Gasteiger partial charge in [0.25, 0.3) is 5.91 Å². The summed E-state index contributed by atoms with van der Waals surface area (Å²) in [5.74, 6) is -1.48. The van der Waals surface area contributed by atoms with E-state index in [-0.39, 0.29) is 22.6 Å².